The van der Waals surface area contributed by atoms with Crippen molar-refractivity contribution in [2.45, 2.75) is 13.8 Å². The van der Waals surface area contributed by atoms with Crippen molar-refractivity contribution in [3.8, 4) is 5.88 Å². The molecule has 160 valence electrons. The number of hydrogen-bond donors (Lipinski definition) is 5. The van der Waals surface area contributed by atoms with Gasteiger partial charge in [0.1, 0.15) is 17.2 Å². The van der Waals surface area contributed by atoms with E-state index in [-0.39, 0.29) is 22.9 Å². The lowest BCUT2D eigenvalue weighted by atomic mass is 10.0. The molecule has 30 heavy (non-hydrogen) atoms. The average molecular weight is 433 g/mol. The van der Waals surface area contributed by atoms with Crippen molar-refractivity contribution in [3.63, 3.8) is 0 Å². The van der Waals surface area contributed by atoms with E-state index in [4.69, 9.17) is 21.6 Å². The minimum atomic E-state index is -3.43. The van der Waals surface area contributed by atoms with Crippen molar-refractivity contribution < 1.29 is 17.9 Å². The van der Waals surface area contributed by atoms with Crippen molar-refractivity contribution >= 4 is 33.1 Å². The van der Waals surface area contributed by atoms with E-state index in [1.54, 1.807) is 18.2 Å². The third-order valence-corrected chi connectivity index (χ3v) is 5.18. The summed E-state index contributed by atoms with van der Waals surface area (Å²) in [7, 11) is -3.43. The van der Waals surface area contributed by atoms with Crippen molar-refractivity contribution in [1.29, 1.82) is 5.41 Å². The third-order valence-electron chi connectivity index (χ3n) is 3.87. The molecule has 1 aromatic heterocycles. The van der Waals surface area contributed by atoms with E-state index in [0.29, 0.717) is 29.6 Å². The highest BCUT2D eigenvalue weighted by atomic mass is 32.2. The summed E-state index contributed by atoms with van der Waals surface area (Å²) in [6, 6.07) is 10.9. The molecule has 7 N–H and O–H groups in total. The van der Waals surface area contributed by atoms with Gasteiger partial charge in [0.2, 0.25) is 15.9 Å². The molecule has 0 radical (unpaired) electrons. The van der Waals surface area contributed by atoms with Crippen molar-refractivity contribution in [2.75, 3.05) is 22.4 Å². The number of sulfonamides is 1. The number of ether oxygens (including phenoxy) is 1. The van der Waals surface area contributed by atoms with Crippen LogP contribution in [0.2, 0.25) is 0 Å². The van der Waals surface area contributed by atoms with E-state index in [2.05, 4.69) is 15.0 Å². The molecule has 0 fully saturated rings. The number of benzene rings is 1. The molecule has 0 aliphatic rings. The maximum absolute atomic E-state index is 12.0. The first kappa shape index (κ1) is 22.7. The molecule has 0 unspecified atom stereocenters. The zero-order valence-corrected chi connectivity index (χ0v) is 17.4. The standard InChI is InChI=1S/C19H24N6O4S/c1-3-29-15-7-5-6-14(23-15)24-18(21)16(19(22)26)17(20)12-8-10-13(11-9-12)25-30(27,28)4-2/h5-11,20,25H,3-4,21H2,1-2H3,(H2,22,26)(H,23,24)/b18-16-,20-17?. The van der Waals surface area contributed by atoms with Crippen LogP contribution in [0.4, 0.5) is 11.5 Å². The SMILES string of the molecule is CCOc1cccc(N/C(N)=C(/C(=N)c2ccc(NS(=O)(=O)CC)cc2)C(N)=O)n1. The molecule has 2 rings (SSSR count). The second-order valence-electron chi connectivity index (χ2n) is 6.03. The summed E-state index contributed by atoms with van der Waals surface area (Å²) >= 11 is 0. The number of pyridine rings is 1. The van der Waals surface area contributed by atoms with Crippen LogP contribution in [-0.2, 0) is 14.8 Å². The Labute approximate surface area is 174 Å². The zero-order chi connectivity index (χ0) is 22.3. The average Bonchev–Trinajstić information content (AvgIpc) is 2.68. The van der Waals surface area contributed by atoms with Crippen LogP contribution in [0, 0.1) is 5.41 Å². The summed E-state index contributed by atoms with van der Waals surface area (Å²) in [5.74, 6) is -0.434. The third kappa shape index (κ3) is 5.95. The first-order valence-corrected chi connectivity index (χ1v) is 10.7. The molecule has 0 saturated carbocycles. The Morgan fingerprint density at radius 3 is 2.37 bits per heavy atom. The highest BCUT2D eigenvalue weighted by Crippen LogP contribution is 2.17. The molecule has 1 aromatic carbocycles. The number of aromatic nitrogens is 1. The molecule has 0 saturated heterocycles. The summed E-state index contributed by atoms with van der Waals surface area (Å²) in [5, 5.41) is 11.1. The fourth-order valence-electron chi connectivity index (χ4n) is 2.40. The Kier molecular flexibility index (Phi) is 7.37. The van der Waals surface area contributed by atoms with Gasteiger partial charge in [-0.1, -0.05) is 18.2 Å². The Bertz CT molecular complexity index is 1060. The van der Waals surface area contributed by atoms with E-state index in [0.717, 1.165) is 0 Å². The molecule has 0 bridgehead atoms. The van der Waals surface area contributed by atoms with Crippen molar-refractivity contribution in [3.05, 3.63) is 59.4 Å². The van der Waals surface area contributed by atoms with Gasteiger partial charge in [-0.05, 0) is 32.0 Å². The molecule has 11 heteroatoms. The number of nitrogens with one attached hydrogen (secondary N) is 3. The van der Waals surface area contributed by atoms with Gasteiger partial charge >= 0.3 is 0 Å². The minimum Gasteiger partial charge on any atom is -0.478 e. The minimum absolute atomic E-state index is 0.0696. The lowest BCUT2D eigenvalue weighted by molar-refractivity contribution is -0.114. The fourth-order valence-corrected chi connectivity index (χ4v) is 3.04. The summed E-state index contributed by atoms with van der Waals surface area (Å²) in [4.78, 5) is 16.2. The molecule has 2 aromatic rings. The van der Waals surface area contributed by atoms with Crippen molar-refractivity contribution in [1.82, 2.24) is 4.98 Å². The highest BCUT2D eigenvalue weighted by Gasteiger charge is 2.19. The summed E-state index contributed by atoms with van der Waals surface area (Å²) in [6.45, 7) is 3.77. The Balaban J connectivity index is 2.29. The number of nitrogens with zero attached hydrogens (tertiary/aromatic N) is 1. The molecule has 0 aliphatic carbocycles. The first-order valence-electron chi connectivity index (χ1n) is 9.03. The highest BCUT2D eigenvalue weighted by molar-refractivity contribution is 7.92. The van der Waals surface area contributed by atoms with Gasteiger partial charge in [-0.15, -0.1) is 0 Å². The fraction of sp³-hybridized carbons (Fsp3) is 0.211. The largest absolute Gasteiger partial charge is 0.478 e. The quantitative estimate of drug-likeness (QED) is 0.278. The predicted octanol–water partition coefficient (Wildman–Crippen LogP) is 1.38. The molecular weight excluding hydrogens is 408 g/mol. The molecule has 0 atom stereocenters. The summed E-state index contributed by atoms with van der Waals surface area (Å²) in [6.07, 6.45) is 0. The molecular formula is C19H24N6O4S. The molecule has 10 nitrogen and oxygen atoms in total. The molecule has 0 aliphatic heterocycles. The van der Waals surface area contributed by atoms with Crippen LogP contribution < -0.4 is 26.2 Å². The number of anilines is 2. The normalized spacial score (nSPS) is 11.9. The van der Waals surface area contributed by atoms with Gasteiger partial charge in [-0.3, -0.25) is 14.9 Å². The van der Waals surface area contributed by atoms with Gasteiger partial charge in [-0.2, -0.15) is 4.98 Å². The van der Waals surface area contributed by atoms with Crippen LogP contribution in [0.15, 0.2) is 53.9 Å². The number of primary amides is 1. The van der Waals surface area contributed by atoms with Gasteiger partial charge < -0.3 is 21.5 Å². The van der Waals surface area contributed by atoms with Crippen LogP contribution >= 0.6 is 0 Å². The van der Waals surface area contributed by atoms with Crippen LogP contribution in [0.1, 0.15) is 19.4 Å². The van der Waals surface area contributed by atoms with E-state index in [1.165, 1.54) is 31.2 Å². The Hall–Kier alpha value is -3.60. The zero-order valence-electron chi connectivity index (χ0n) is 16.6. The Morgan fingerprint density at radius 1 is 1.13 bits per heavy atom. The van der Waals surface area contributed by atoms with Gasteiger partial charge in [0.25, 0.3) is 5.91 Å². The van der Waals surface area contributed by atoms with Crippen LogP contribution in [-0.4, -0.2) is 37.4 Å². The Morgan fingerprint density at radius 2 is 1.80 bits per heavy atom. The van der Waals surface area contributed by atoms with Gasteiger partial charge in [-0.25, -0.2) is 8.42 Å². The van der Waals surface area contributed by atoms with Crippen LogP contribution in [0.3, 0.4) is 0 Å². The molecule has 1 amide bonds. The summed E-state index contributed by atoms with van der Waals surface area (Å²) < 4.78 is 31.0. The topological polar surface area (TPSA) is 173 Å². The van der Waals surface area contributed by atoms with Gasteiger partial charge in [0.05, 0.1) is 18.1 Å². The van der Waals surface area contributed by atoms with Crippen LogP contribution in [0.5, 0.6) is 5.88 Å². The van der Waals surface area contributed by atoms with Gasteiger partial charge in [0.15, 0.2) is 0 Å². The van der Waals surface area contributed by atoms with E-state index < -0.39 is 15.9 Å². The molecule has 0 spiro atoms. The van der Waals surface area contributed by atoms with E-state index in [9.17, 15) is 13.2 Å². The number of carbonyl (C=O) groups excluding carboxylic acids is 1. The molecule has 1 heterocycles. The van der Waals surface area contributed by atoms with Gasteiger partial charge in [0, 0.05) is 17.3 Å². The van der Waals surface area contributed by atoms with E-state index >= 15 is 0 Å². The number of rotatable bonds is 10. The lowest BCUT2D eigenvalue weighted by Crippen LogP contribution is -2.28. The predicted molar refractivity (Wildman–Crippen MR) is 116 cm³/mol. The maximum Gasteiger partial charge on any atom is 0.254 e. The number of hydrogen-bond acceptors (Lipinski definition) is 8. The number of carbonyl (C=O) groups is 1. The summed E-state index contributed by atoms with van der Waals surface area (Å²) in [5.41, 5.74) is 11.6. The van der Waals surface area contributed by atoms with Crippen molar-refractivity contribution in [2.24, 2.45) is 11.5 Å². The number of amides is 1. The first-order chi connectivity index (χ1) is 14.2. The second kappa shape index (κ2) is 9.74. The monoisotopic (exact) mass is 432 g/mol. The number of nitrogens with two attached hydrogens (primary N) is 2. The smallest absolute Gasteiger partial charge is 0.254 e. The van der Waals surface area contributed by atoms with E-state index in [1.807, 2.05) is 6.92 Å². The lowest BCUT2D eigenvalue weighted by Gasteiger charge is -2.13. The second-order valence-corrected chi connectivity index (χ2v) is 8.04. The maximum atomic E-state index is 12.0. The van der Waals surface area contributed by atoms with Crippen LogP contribution in [0.25, 0.3) is 0 Å².